The van der Waals surface area contributed by atoms with Crippen molar-refractivity contribution in [3.8, 4) is 0 Å². The van der Waals surface area contributed by atoms with Crippen LogP contribution in [0, 0.1) is 5.92 Å². The lowest BCUT2D eigenvalue weighted by molar-refractivity contribution is 0.0304. The molecule has 1 saturated carbocycles. The maximum Gasteiger partial charge on any atom is 0.409 e. The lowest BCUT2D eigenvalue weighted by atomic mass is 9.83. The number of rotatable bonds is 16. The summed E-state index contributed by atoms with van der Waals surface area (Å²) in [5.41, 5.74) is 7.23. The SMILES string of the molecule is CCCC1N([C@H](C)CCCN(C)C(=O)OC2CCC2)NN[C@@]1(C)CC[C@H](C)/C=C/CCNCC. The predicted molar refractivity (Wildman–Crippen MR) is 141 cm³/mol. The largest absolute Gasteiger partial charge is 0.446 e. The highest BCUT2D eigenvalue weighted by molar-refractivity contribution is 5.67. The molecule has 0 radical (unpaired) electrons. The summed E-state index contributed by atoms with van der Waals surface area (Å²) in [7, 11) is 1.86. The van der Waals surface area contributed by atoms with Crippen LogP contribution < -0.4 is 16.3 Å². The number of nitrogens with one attached hydrogen (secondary N) is 3. The number of nitrogens with zero attached hydrogens (tertiary/aromatic N) is 2. The van der Waals surface area contributed by atoms with E-state index in [1.807, 2.05) is 7.05 Å². The summed E-state index contributed by atoms with van der Waals surface area (Å²) in [6.45, 7) is 14.3. The highest BCUT2D eigenvalue weighted by Gasteiger charge is 2.44. The number of ether oxygens (including phenoxy) is 1. The molecule has 198 valence electrons. The zero-order chi connectivity index (χ0) is 25.0. The van der Waals surface area contributed by atoms with Gasteiger partial charge in [-0.2, -0.15) is 5.53 Å². The van der Waals surface area contributed by atoms with Gasteiger partial charge in [0.25, 0.3) is 0 Å². The summed E-state index contributed by atoms with van der Waals surface area (Å²) in [6.07, 6.45) is 15.7. The van der Waals surface area contributed by atoms with E-state index in [1.165, 1.54) is 25.7 Å². The van der Waals surface area contributed by atoms with Crippen molar-refractivity contribution in [1.82, 2.24) is 26.2 Å². The van der Waals surface area contributed by atoms with Crippen LogP contribution in [0.1, 0.15) is 98.8 Å². The highest BCUT2D eigenvalue weighted by atomic mass is 16.6. The fourth-order valence-corrected chi connectivity index (χ4v) is 4.93. The molecule has 4 atom stereocenters. The third kappa shape index (κ3) is 9.14. The van der Waals surface area contributed by atoms with Crippen LogP contribution in [-0.4, -0.2) is 66.4 Å². The molecule has 0 aromatic carbocycles. The maximum atomic E-state index is 12.2. The molecule has 2 fully saturated rings. The number of hydrazine groups is 2. The van der Waals surface area contributed by atoms with Gasteiger partial charge in [0.15, 0.2) is 0 Å². The van der Waals surface area contributed by atoms with Crippen molar-refractivity contribution in [3.63, 3.8) is 0 Å². The van der Waals surface area contributed by atoms with Crippen LogP contribution in [0.25, 0.3) is 0 Å². The van der Waals surface area contributed by atoms with Crippen LogP contribution in [0.15, 0.2) is 12.2 Å². The Bertz CT molecular complexity index is 612. The van der Waals surface area contributed by atoms with Gasteiger partial charge in [-0.05, 0) is 90.6 Å². The zero-order valence-corrected chi connectivity index (χ0v) is 22.9. The third-order valence-corrected chi connectivity index (χ3v) is 7.65. The fraction of sp³-hybridized carbons (Fsp3) is 0.889. The first-order chi connectivity index (χ1) is 16.3. The molecule has 7 nitrogen and oxygen atoms in total. The fourth-order valence-electron chi connectivity index (χ4n) is 4.93. The maximum absolute atomic E-state index is 12.2. The molecule has 0 aromatic rings. The van der Waals surface area contributed by atoms with Gasteiger partial charge >= 0.3 is 6.09 Å². The molecule has 1 aliphatic heterocycles. The molecule has 2 aliphatic rings. The molecule has 0 bridgehead atoms. The lowest BCUT2D eigenvalue weighted by Gasteiger charge is -2.36. The van der Waals surface area contributed by atoms with Crippen LogP contribution in [0.4, 0.5) is 4.79 Å². The molecule has 1 amide bonds. The molecule has 0 spiro atoms. The second-order valence-corrected chi connectivity index (χ2v) is 10.8. The van der Waals surface area contributed by atoms with Gasteiger partial charge in [0.2, 0.25) is 0 Å². The van der Waals surface area contributed by atoms with Crippen molar-refractivity contribution in [3.05, 3.63) is 12.2 Å². The predicted octanol–water partition coefficient (Wildman–Crippen LogP) is 5.00. The van der Waals surface area contributed by atoms with Crippen LogP contribution in [-0.2, 0) is 4.74 Å². The molecule has 1 aliphatic carbocycles. The van der Waals surface area contributed by atoms with Crippen LogP contribution >= 0.6 is 0 Å². The Hall–Kier alpha value is -1.15. The minimum absolute atomic E-state index is 0.0551. The summed E-state index contributed by atoms with van der Waals surface area (Å²) >= 11 is 0. The van der Waals surface area contributed by atoms with E-state index in [9.17, 15) is 4.79 Å². The van der Waals surface area contributed by atoms with E-state index in [-0.39, 0.29) is 17.7 Å². The number of amides is 1. The molecule has 1 unspecified atom stereocenters. The Balaban J connectivity index is 1.78. The average Bonchev–Trinajstić information content (AvgIpc) is 3.11. The van der Waals surface area contributed by atoms with Gasteiger partial charge in [0, 0.05) is 31.2 Å². The Morgan fingerprint density at radius 2 is 2.06 bits per heavy atom. The standard InChI is InChI=1S/C27H53N5O2/c1-7-13-25-27(5,19-18-22(3)14-9-10-20-28-8-2)29-30-32(25)23(4)15-12-21-31(6)26(33)34-24-16-11-17-24/h9,14,22-25,28-30H,7-8,10-13,15-21H2,1-6H3/b14-9+/t22-,23-,25?,27+/m1/s1. The molecular weight excluding hydrogens is 426 g/mol. The zero-order valence-electron chi connectivity index (χ0n) is 22.9. The van der Waals surface area contributed by atoms with Crippen molar-refractivity contribution in [1.29, 1.82) is 0 Å². The van der Waals surface area contributed by atoms with E-state index >= 15 is 0 Å². The van der Waals surface area contributed by atoms with Crippen molar-refractivity contribution >= 4 is 6.09 Å². The quantitative estimate of drug-likeness (QED) is 0.214. The summed E-state index contributed by atoms with van der Waals surface area (Å²) in [6, 6.07) is 0.851. The van der Waals surface area contributed by atoms with Gasteiger partial charge < -0.3 is 15.0 Å². The van der Waals surface area contributed by atoms with E-state index in [0.717, 1.165) is 58.2 Å². The molecule has 1 heterocycles. The number of carbonyl (C=O) groups is 1. The Labute approximate surface area is 209 Å². The summed E-state index contributed by atoms with van der Waals surface area (Å²) < 4.78 is 5.52. The van der Waals surface area contributed by atoms with Crippen molar-refractivity contribution in [2.24, 2.45) is 5.92 Å². The second kappa shape index (κ2) is 15.1. The van der Waals surface area contributed by atoms with Crippen molar-refractivity contribution < 1.29 is 9.53 Å². The Morgan fingerprint density at radius 3 is 2.71 bits per heavy atom. The smallest absolute Gasteiger partial charge is 0.409 e. The highest BCUT2D eigenvalue weighted by Crippen LogP contribution is 2.32. The van der Waals surface area contributed by atoms with E-state index in [1.54, 1.807) is 4.90 Å². The first kappa shape index (κ1) is 29.1. The van der Waals surface area contributed by atoms with Gasteiger partial charge in [0.1, 0.15) is 6.10 Å². The minimum atomic E-state index is -0.167. The summed E-state index contributed by atoms with van der Waals surface area (Å²) in [4.78, 5) is 13.9. The van der Waals surface area contributed by atoms with Gasteiger partial charge in [-0.3, -0.25) is 0 Å². The number of hydrogen-bond donors (Lipinski definition) is 3. The van der Waals surface area contributed by atoms with Crippen molar-refractivity contribution in [2.75, 3.05) is 26.7 Å². The van der Waals surface area contributed by atoms with Gasteiger partial charge in [0.05, 0.1) is 0 Å². The molecular formula is C27H53N5O2. The van der Waals surface area contributed by atoms with E-state index < -0.39 is 0 Å². The monoisotopic (exact) mass is 479 g/mol. The lowest BCUT2D eigenvalue weighted by Crippen LogP contribution is -2.49. The summed E-state index contributed by atoms with van der Waals surface area (Å²) in [5, 5.41) is 5.82. The molecule has 0 aromatic heterocycles. The number of allylic oxidation sites excluding steroid dienone is 1. The van der Waals surface area contributed by atoms with E-state index in [0.29, 0.717) is 18.0 Å². The van der Waals surface area contributed by atoms with Crippen LogP contribution in [0.5, 0.6) is 0 Å². The minimum Gasteiger partial charge on any atom is -0.446 e. The molecule has 1 saturated heterocycles. The van der Waals surface area contributed by atoms with Gasteiger partial charge in [-0.25, -0.2) is 15.2 Å². The van der Waals surface area contributed by atoms with Gasteiger partial charge in [-0.1, -0.05) is 39.3 Å². The first-order valence-corrected chi connectivity index (χ1v) is 13.9. The Morgan fingerprint density at radius 1 is 1.29 bits per heavy atom. The van der Waals surface area contributed by atoms with Gasteiger partial charge in [-0.15, -0.1) is 0 Å². The molecule has 34 heavy (non-hydrogen) atoms. The van der Waals surface area contributed by atoms with E-state index in [2.05, 4.69) is 68.1 Å². The normalized spacial score (nSPS) is 25.4. The Kier molecular flexibility index (Phi) is 12.9. The van der Waals surface area contributed by atoms with Crippen molar-refractivity contribution in [2.45, 2.75) is 123 Å². The first-order valence-electron chi connectivity index (χ1n) is 13.9. The van der Waals surface area contributed by atoms with Crippen LogP contribution in [0.2, 0.25) is 0 Å². The average molecular weight is 480 g/mol. The third-order valence-electron chi connectivity index (χ3n) is 7.65. The molecule has 3 N–H and O–H groups in total. The van der Waals surface area contributed by atoms with E-state index in [4.69, 9.17) is 4.74 Å². The summed E-state index contributed by atoms with van der Waals surface area (Å²) in [5.74, 6) is 0.587. The molecule has 2 rings (SSSR count). The number of hydrogen-bond acceptors (Lipinski definition) is 6. The topological polar surface area (TPSA) is 68.9 Å². The second-order valence-electron chi connectivity index (χ2n) is 10.8. The number of carbonyl (C=O) groups excluding carboxylic acids is 1. The molecule has 7 heteroatoms. The van der Waals surface area contributed by atoms with Crippen LogP contribution in [0.3, 0.4) is 0 Å².